The van der Waals surface area contributed by atoms with Crippen molar-refractivity contribution in [2.45, 2.75) is 12.2 Å². The van der Waals surface area contributed by atoms with Gasteiger partial charge in [-0.15, -0.1) is 0 Å². The molecule has 0 amide bonds. The summed E-state index contributed by atoms with van der Waals surface area (Å²) in [5, 5.41) is 27.9. The van der Waals surface area contributed by atoms with E-state index in [0.29, 0.717) is 0 Å². The molecule has 1 unspecified atom stereocenters. The lowest BCUT2D eigenvalue weighted by atomic mass is 10.1. The Bertz CT molecular complexity index is 524. The van der Waals surface area contributed by atoms with Crippen LogP contribution in [0.2, 0.25) is 0 Å². The number of aliphatic hydroxyl groups excluding tert-OH is 3. The van der Waals surface area contributed by atoms with Gasteiger partial charge in [-0.3, -0.25) is 9.78 Å². The van der Waals surface area contributed by atoms with Gasteiger partial charge in [0.1, 0.15) is 6.61 Å². The smallest absolute Gasteiger partial charge is 0.259 e. The predicted molar refractivity (Wildman–Crippen MR) is 55.8 cm³/mol. The number of aromatic nitrogens is 2. The van der Waals surface area contributed by atoms with Crippen molar-refractivity contribution in [1.82, 2.24) is 9.97 Å². The average Bonchev–Trinajstić information content (AvgIpc) is 2.57. The van der Waals surface area contributed by atoms with Crippen LogP contribution >= 0.6 is 0 Å². The van der Waals surface area contributed by atoms with Gasteiger partial charge in [0.05, 0.1) is 5.56 Å². The number of aliphatic hydroxyl groups is 3. The number of hydrogen-bond acceptors (Lipinski definition) is 7. The normalized spacial score (nSPS) is 23.9. The van der Waals surface area contributed by atoms with E-state index in [0.717, 1.165) is 6.20 Å². The highest BCUT2D eigenvalue weighted by atomic mass is 16.5. The Morgan fingerprint density at radius 2 is 2.29 bits per heavy atom. The summed E-state index contributed by atoms with van der Waals surface area (Å²) in [4.78, 5) is 17.4. The molecular weight excluding hydrogens is 230 g/mol. The molecule has 1 aliphatic rings. The molecule has 0 radical (unpaired) electrons. The first-order valence-electron chi connectivity index (χ1n) is 4.77. The summed E-state index contributed by atoms with van der Waals surface area (Å²) in [6.07, 6.45) is -1.37. The van der Waals surface area contributed by atoms with Crippen molar-refractivity contribution in [2.24, 2.45) is 0 Å². The number of rotatable bonds is 2. The van der Waals surface area contributed by atoms with Gasteiger partial charge < -0.3 is 25.8 Å². The molecule has 8 heteroatoms. The molecule has 8 nitrogen and oxygen atoms in total. The number of nitrogen functional groups attached to an aromatic ring is 1. The van der Waals surface area contributed by atoms with Crippen LogP contribution in [-0.4, -0.2) is 38.0 Å². The van der Waals surface area contributed by atoms with Gasteiger partial charge in [0.15, 0.2) is 29.7 Å². The Balaban J connectivity index is 2.35. The van der Waals surface area contributed by atoms with Crippen LogP contribution in [0.3, 0.4) is 0 Å². The highest BCUT2D eigenvalue weighted by Crippen LogP contribution is 2.33. The summed E-state index contributed by atoms with van der Waals surface area (Å²) in [5.74, 6) is -0.724. The molecule has 0 saturated heterocycles. The second-order valence-corrected chi connectivity index (χ2v) is 3.50. The second-order valence-electron chi connectivity index (χ2n) is 3.50. The van der Waals surface area contributed by atoms with Crippen molar-refractivity contribution >= 4 is 5.95 Å². The van der Waals surface area contributed by atoms with E-state index in [4.69, 9.17) is 15.6 Å². The van der Waals surface area contributed by atoms with Crippen LogP contribution in [0.1, 0.15) is 11.7 Å². The van der Waals surface area contributed by atoms with Gasteiger partial charge >= 0.3 is 0 Å². The van der Waals surface area contributed by atoms with E-state index in [2.05, 4.69) is 9.97 Å². The van der Waals surface area contributed by atoms with Gasteiger partial charge in [0.2, 0.25) is 0 Å². The maximum atomic E-state index is 11.5. The second kappa shape index (κ2) is 4.07. The van der Waals surface area contributed by atoms with E-state index in [1.54, 1.807) is 0 Å². The molecule has 17 heavy (non-hydrogen) atoms. The van der Waals surface area contributed by atoms with Crippen molar-refractivity contribution < 1.29 is 20.1 Å². The number of aromatic amines is 1. The van der Waals surface area contributed by atoms with Gasteiger partial charge in [0.25, 0.3) is 5.56 Å². The van der Waals surface area contributed by atoms with Crippen LogP contribution in [0, 0.1) is 0 Å². The third kappa shape index (κ3) is 1.83. The van der Waals surface area contributed by atoms with Crippen molar-refractivity contribution in [1.29, 1.82) is 0 Å². The standard InChI is InChI=1S/C9H11N3O5/c10-9-11-1-3(8(16)12-9)7-6(15)5(14)4(2-13)17-7/h1,6-7,13-15H,2H2,(H3,10,11,12,16)/t6?,7-/m0/s1. The summed E-state index contributed by atoms with van der Waals surface area (Å²) in [5.41, 5.74) is 4.71. The fourth-order valence-corrected chi connectivity index (χ4v) is 1.56. The quantitative estimate of drug-likeness (QED) is 0.426. The lowest BCUT2D eigenvalue weighted by Crippen LogP contribution is -2.25. The highest BCUT2D eigenvalue weighted by Gasteiger charge is 2.38. The molecule has 2 atom stereocenters. The lowest BCUT2D eigenvalue weighted by molar-refractivity contribution is 0.0313. The molecule has 0 fully saturated rings. The number of hydrogen-bond donors (Lipinski definition) is 5. The molecule has 0 saturated carbocycles. The molecule has 2 heterocycles. The topological polar surface area (TPSA) is 142 Å². The Kier molecular flexibility index (Phi) is 2.74. The average molecular weight is 241 g/mol. The molecule has 0 spiro atoms. The van der Waals surface area contributed by atoms with Gasteiger partial charge in [-0.1, -0.05) is 0 Å². The maximum absolute atomic E-state index is 11.5. The highest BCUT2D eigenvalue weighted by molar-refractivity contribution is 5.25. The van der Waals surface area contributed by atoms with Crippen LogP contribution in [0.15, 0.2) is 22.5 Å². The third-order valence-corrected chi connectivity index (χ3v) is 2.42. The SMILES string of the molecule is Nc1ncc([C@@H]2OC(CO)=C(O)C2O)c(=O)[nH]1. The minimum absolute atomic E-state index is 0.0155. The van der Waals surface area contributed by atoms with E-state index in [-0.39, 0.29) is 17.3 Å². The number of nitrogens with two attached hydrogens (primary N) is 1. The fraction of sp³-hybridized carbons (Fsp3) is 0.333. The van der Waals surface area contributed by atoms with Gasteiger partial charge in [0, 0.05) is 6.20 Å². The summed E-state index contributed by atoms with van der Waals surface area (Å²) in [6.45, 7) is -0.570. The Morgan fingerprint density at radius 1 is 1.59 bits per heavy atom. The van der Waals surface area contributed by atoms with Crippen LogP contribution < -0.4 is 11.3 Å². The van der Waals surface area contributed by atoms with E-state index >= 15 is 0 Å². The lowest BCUT2D eigenvalue weighted by Gasteiger charge is -2.14. The molecule has 6 N–H and O–H groups in total. The fourth-order valence-electron chi connectivity index (χ4n) is 1.56. The maximum Gasteiger partial charge on any atom is 0.259 e. The largest absolute Gasteiger partial charge is 0.506 e. The number of nitrogens with zero attached hydrogens (tertiary/aromatic N) is 1. The number of H-pyrrole nitrogens is 1. The number of anilines is 1. The van der Waals surface area contributed by atoms with Crippen molar-refractivity contribution in [2.75, 3.05) is 12.3 Å². The summed E-state index contributed by atoms with van der Waals surface area (Å²) in [6, 6.07) is 0. The minimum atomic E-state index is -1.41. The molecule has 0 aromatic carbocycles. The molecule has 0 aliphatic carbocycles. The molecule has 1 aliphatic heterocycles. The molecule has 1 aromatic heterocycles. The Morgan fingerprint density at radius 3 is 2.82 bits per heavy atom. The van der Waals surface area contributed by atoms with Gasteiger partial charge in [-0.25, -0.2) is 4.98 Å². The summed E-state index contributed by atoms with van der Waals surface area (Å²) in [7, 11) is 0. The zero-order valence-corrected chi connectivity index (χ0v) is 8.62. The molecule has 0 bridgehead atoms. The zero-order valence-electron chi connectivity index (χ0n) is 8.62. The van der Waals surface area contributed by atoms with Crippen molar-refractivity contribution in [3.05, 3.63) is 33.6 Å². The predicted octanol–water partition coefficient (Wildman–Crippen LogP) is -1.45. The molecule has 92 valence electrons. The van der Waals surface area contributed by atoms with Crippen molar-refractivity contribution in [3.8, 4) is 0 Å². The first-order chi connectivity index (χ1) is 8.04. The Hall–Kier alpha value is -2.06. The first kappa shape index (κ1) is 11.4. The van der Waals surface area contributed by atoms with E-state index in [9.17, 15) is 15.0 Å². The van der Waals surface area contributed by atoms with E-state index in [1.165, 1.54) is 0 Å². The van der Waals surface area contributed by atoms with Crippen LogP contribution in [0.4, 0.5) is 5.95 Å². The summed E-state index contributed by atoms with van der Waals surface area (Å²) >= 11 is 0. The monoisotopic (exact) mass is 241 g/mol. The number of nitrogens with one attached hydrogen (secondary N) is 1. The minimum Gasteiger partial charge on any atom is -0.506 e. The van der Waals surface area contributed by atoms with Crippen LogP contribution in [0.25, 0.3) is 0 Å². The third-order valence-electron chi connectivity index (χ3n) is 2.42. The summed E-state index contributed by atoms with van der Waals surface area (Å²) < 4.78 is 5.07. The van der Waals surface area contributed by atoms with Crippen LogP contribution in [0.5, 0.6) is 0 Å². The molecule has 1 aromatic rings. The van der Waals surface area contributed by atoms with Crippen molar-refractivity contribution in [3.63, 3.8) is 0 Å². The molecular formula is C9H11N3O5. The zero-order chi connectivity index (χ0) is 12.6. The van der Waals surface area contributed by atoms with Gasteiger partial charge in [-0.05, 0) is 0 Å². The van der Waals surface area contributed by atoms with E-state index < -0.39 is 30.1 Å². The Labute approximate surface area is 95.0 Å². The molecule has 2 rings (SSSR count). The number of ether oxygens (including phenoxy) is 1. The van der Waals surface area contributed by atoms with Crippen LogP contribution in [-0.2, 0) is 4.74 Å². The van der Waals surface area contributed by atoms with E-state index in [1.807, 2.05) is 0 Å². The van der Waals surface area contributed by atoms with Gasteiger partial charge in [-0.2, -0.15) is 0 Å². The first-order valence-corrected chi connectivity index (χ1v) is 4.77.